The molecule has 0 fully saturated rings. The van der Waals surface area contributed by atoms with E-state index in [1.807, 2.05) is 6.07 Å². The topological polar surface area (TPSA) is 68.0 Å². The summed E-state index contributed by atoms with van der Waals surface area (Å²) in [5.74, 6) is -0.513. The van der Waals surface area contributed by atoms with E-state index in [4.69, 9.17) is 5.73 Å². The number of hydrogen-bond donors (Lipinski definition) is 2. The number of nitrogens with one attached hydrogen (secondary N) is 1. The first-order chi connectivity index (χ1) is 8.56. The Morgan fingerprint density at radius 1 is 1.44 bits per heavy atom. The monoisotopic (exact) mass is 261 g/mol. The highest BCUT2D eigenvalue weighted by molar-refractivity contribution is 7.12. The van der Waals surface area contributed by atoms with E-state index in [0.29, 0.717) is 0 Å². The number of aromatic nitrogens is 1. The largest absolute Gasteiger partial charge is 0.380 e. The average Bonchev–Trinajstić information content (AvgIpc) is 2.67. The van der Waals surface area contributed by atoms with Crippen LogP contribution in [0.15, 0.2) is 24.4 Å². The van der Waals surface area contributed by atoms with Gasteiger partial charge in [0.05, 0.1) is 0 Å². The number of anilines is 1. The number of primary amides is 1. The summed E-state index contributed by atoms with van der Waals surface area (Å²) in [7, 11) is 0. The smallest absolute Gasteiger partial charge is 0.267 e. The van der Waals surface area contributed by atoms with E-state index in [1.54, 1.807) is 23.6 Å². The molecule has 3 N–H and O–H groups in total. The van der Waals surface area contributed by atoms with Crippen LogP contribution in [0, 0.1) is 13.8 Å². The summed E-state index contributed by atoms with van der Waals surface area (Å²) >= 11 is 1.77. The zero-order valence-electron chi connectivity index (χ0n) is 10.4. The quantitative estimate of drug-likeness (QED) is 0.888. The van der Waals surface area contributed by atoms with Gasteiger partial charge in [-0.05, 0) is 37.6 Å². The van der Waals surface area contributed by atoms with Gasteiger partial charge in [-0.2, -0.15) is 0 Å². The summed E-state index contributed by atoms with van der Waals surface area (Å²) in [5, 5.41) is 3.26. The SMILES string of the molecule is Cc1cc(CNc2ccnc(C(N)=O)c2)sc1C. The summed E-state index contributed by atoms with van der Waals surface area (Å²) in [6.45, 7) is 4.95. The van der Waals surface area contributed by atoms with Crippen molar-refractivity contribution in [2.24, 2.45) is 5.73 Å². The Kier molecular flexibility index (Phi) is 3.62. The second-order valence-corrected chi connectivity index (χ2v) is 5.44. The molecule has 5 heteroatoms. The van der Waals surface area contributed by atoms with Crippen molar-refractivity contribution in [1.82, 2.24) is 4.98 Å². The van der Waals surface area contributed by atoms with Crippen molar-refractivity contribution >= 4 is 22.9 Å². The highest BCUT2D eigenvalue weighted by atomic mass is 32.1. The predicted molar refractivity (Wildman–Crippen MR) is 73.9 cm³/mol. The maximum atomic E-state index is 11.0. The third-order valence-electron chi connectivity index (χ3n) is 2.70. The maximum absolute atomic E-state index is 11.0. The Hall–Kier alpha value is -1.88. The van der Waals surface area contributed by atoms with Crippen LogP contribution in [0.2, 0.25) is 0 Å². The highest BCUT2D eigenvalue weighted by Crippen LogP contribution is 2.21. The Morgan fingerprint density at radius 3 is 2.83 bits per heavy atom. The number of aryl methyl sites for hydroxylation is 2. The molecule has 2 heterocycles. The fraction of sp³-hybridized carbons (Fsp3) is 0.231. The number of rotatable bonds is 4. The molecule has 0 atom stereocenters. The van der Waals surface area contributed by atoms with Gasteiger partial charge in [0.2, 0.25) is 0 Å². The molecule has 2 aromatic heterocycles. The molecule has 0 saturated heterocycles. The molecule has 18 heavy (non-hydrogen) atoms. The van der Waals surface area contributed by atoms with Crippen molar-refractivity contribution in [2.45, 2.75) is 20.4 Å². The van der Waals surface area contributed by atoms with Gasteiger partial charge in [0, 0.05) is 28.2 Å². The van der Waals surface area contributed by atoms with Gasteiger partial charge < -0.3 is 11.1 Å². The lowest BCUT2D eigenvalue weighted by molar-refractivity contribution is 0.0995. The number of carbonyl (C=O) groups excluding carboxylic acids is 1. The summed E-state index contributed by atoms with van der Waals surface area (Å²) in [6.07, 6.45) is 1.58. The number of hydrogen-bond acceptors (Lipinski definition) is 4. The maximum Gasteiger partial charge on any atom is 0.267 e. The number of carbonyl (C=O) groups is 1. The molecule has 0 saturated carbocycles. The second kappa shape index (κ2) is 5.18. The van der Waals surface area contributed by atoms with Gasteiger partial charge in [-0.25, -0.2) is 0 Å². The molecule has 2 aromatic rings. The van der Waals surface area contributed by atoms with E-state index in [0.717, 1.165) is 12.2 Å². The van der Waals surface area contributed by atoms with Crippen molar-refractivity contribution in [3.63, 3.8) is 0 Å². The summed E-state index contributed by atoms with van der Waals surface area (Å²) in [4.78, 5) is 17.5. The zero-order valence-corrected chi connectivity index (χ0v) is 11.2. The lowest BCUT2D eigenvalue weighted by Crippen LogP contribution is -2.13. The number of amides is 1. The van der Waals surface area contributed by atoms with Crippen LogP contribution in [0.25, 0.3) is 0 Å². The summed E-state index contributed by atoms with van der Waals surface area (Å²) < 4.78 is 0. The minimum atomic E-state index is -0.513. The molecular formula is C13H15N3OS. The van der Waals surface area contributed by atoms with Crippen LogP contribution in [0.5, 0.6) is 0 Å². The molecule has 0 aliphatic carbocycles. The highest BCUT2D eigenvalue weighted by Gasteiger charge is 2.04. The van der Waals surface area contributed by atoms with Crippen molar-refractivity contribution in [3.05, 3.63) is 45.4 Å². The van der Waals surface area contributed by atoms with Gasteiger partial charge in [0.15, 0.2) is 0 Å². The van der Waals surface area contributed by atoms with Crippen LogP contribution in [-0.4, -0.2) is 10.9 Å². The van der Waals surface area contributed by atoms with E-state index in [1.165, 1.54) is 15.3 Å². The normalized spacial score (nSPS) is 10.3. The predicted octanol–water partition coefficient (Wildman–Crippen LogP) is 2.47. The molecular weight excluding hydrogens is 246 g/mol. The molecule has 94 valence electrons. The molecule has 0 bridgehead atoms. The van der Waals surface area contributed by atoms with Gasteiger partial charge in [-0.1, -0.05) is 0 Å². The van der Waals surface area contributed by atoms with Crippen LogP contribution >= 0.6 is 11.3 Å². The Bertz CT molecular complexity index is 558. The Balaban J connectivity index is 2.06. The molecule has 4 nitrogen and oxygen atoms in total. The molecule has 0 aromatic carbocycles. The summed E-state index contributed by atoms with van der Waals surface area (Å²) in [6, 6.07) is 5.65. The molecule has 1 amide bonds. The average molecular weight is 261 g/mol. The van der Waals surface area contributed by atoms with Gasteiger partial charge >= 0.3 is 0 Å². The standard InChI is InChI=1S/C13H15N3OS/c1-8-5-11(18-9(8)2)7-16-10-3-4-15-12(6-10)13(14)17/h3-6H,7H2,1-2H3,(H2,14,17)(H,15,16). The van der Waals surface area contributed by atoms with Gasteiger partial charge in [0.1, 0.15) is 5.69 Å². The van der Waals surface area contributed by atoms with E-state index in [-0.39, 0.29) is 5.69 Å². The molecule has 0 aliphatic rings. The van der Waals surface area contributed by atoms with E-state index < -0.39 is 5.91 Å². The lowest BCUT2D eigenvalue weighted by atomic mass is 10.2. The fourth-order valence-corrected chi connectivity index (χ4v) is 2.59. The van der Waals surface area contributed by atoms with E-state index in [2.05, 4.69) is 30.2 Å². The van der Waals surface area contributed by atoms with Crippen molar-refractivity contribution in [3.8, 4) is 0 Å². The Morgan fingerprint density at radius 2 is 2.22 bits per heavy atom. The van der Waals surface area contributed by atoms with E-state index >= 15 is 0 Å². The number of nitrogens with two attached hydrogens (primary N) is 1. The minimum absolute atomic E-state index is 0.276. The van der Waals surface area contributed by atoms with Crippen LogP contribution in [0.3, 0.4) is 0 Å². The van der Waals surface area contributed by atoms with Gasteiger partial charge in [0.25, 0.3) is 5.91 Å². The number of pyridine rings is 1. The first-order valence-corrected chi connectivity index (χ1v) is 6.43. The van der Waals surface area contributed by atoms with Crippen molar-refractivity contribution in [2.75, 3.05) is 5.32 Å². The number of thiophene rings is 1. The van der Waals surface area contributed by atoms with Crippen LogP contribution < -0.4 is 11.1 Å². The molecule has 2 rings (SSSR count). The van der Waals surface area contributed by atoms with Gasteiger partial charge in [-0.3, -0.25) is 9.78 Å². The molecule has 0 aliphatic heterocycles. The zero-order chi connectivity index (χ0) is 13.1. The first kappa shape index (κ1) is 12.6. The fourth-order valence-electron chi connectivity index (χ4n) is 1.60. The van der Waals surface area contributed by atoms with Crippen LogP contribution in [0.4, 0.5) is 5.69 Å². The van der Waals surface area contributed by atoms with Crippen LogP contribution in [-0.2, 0) is 6.54 Å². The molecule has 0 spiro atoms. The minimum Gasteiger partial charge on any atom is -0.380 e. The molecule has 0 radical (unpaired) electrons. The van der Waals surface area contributed by atoms with Crippen LogP contribution in [0.1, 0.15) is 25.8 Å². The first-order valence-electron chi connectivity index (χ1n) is 5.62. The third kappa shape index (κ3) is 2.87. The number of nitrogens with zero attached hydrogens (tertiary/aromatic N) is 1. The molecule has 0 unspecified atom stereocenters. The summed E-state index contributed by atoms with van der Waals surface area (Å²) in [5.41, 5.74) is 7.62. The lowest BCUT2D eigenvalue weighted by Gasteiger charge is -2.05. The van der Waals surface area contributed by atoms with Gasteiger partial charge in [-0.15, -0.1) is 11.3 Å². The second-order valence-electron chi connectivity index (χ2n) is 4.10. The third-order valence-corrected chi connectivity index (χ3v) is 3.85. The Labute approximate surface area is 110 Å². The van der Waals surface area contributed by atoms with E-state index in [9.17, 15) is 4.79 Å². The van der Waals surface area contributed by atoms with Crippen molar-refractivity contribution < 1.29 is 4.79 Å². The van der Waals surface area contributed by atoms with Crippen molar-refractivity contribution in [1.29, 1.82) is 0 Å².